The Labute approximate surface area is 103 Å². The maximum Gasteiger partial charge on any atom is 0.251 e. The molecule has 0 fully saturated rings. The van der Waals surface area contributed by atoms with Gasteiger partial charge in [-0.25, -0.2) is 0 Å². The van der Waals surface area contributed by atoms with Crippen molar-refractivity contribution in [2.24, 2.45) is 5.41 Å². The van der Waals surface area contributed by atoms with Crippen molar-refractivity contribution < 1.29 is 4.79 Å². The lowest BCUT2D eigenvalue weighted by atomic mass is 9.88. The quantitative estimate of drug-likeness (QED) is 0.760. The van der Waals surface area contributed by atoms with Gasteiger partial charge < -0.3 is 5.32 Å². The first kappa shape index (κ1) is 13.1. The number of carbonyl (C=O) groups excluding carboxylic acids is 1. The number of benzene rings is 1. The molecule has 0 saturated carbocycles. The number of thiol groups is 1. The fraction of sp³-hybridized carbons (Fsp3) is 0.462. The highest BCUT2D eigenvalue weighted by molar-refractivity contribution is 7.80. The van der Waals surface area contributed by atoms with Crippen LogP contribution in [0.2, 0.25) is 0 Å². The second kappa shape index (κ2) is 4.91. The molecule has 2 nitrogen and oxygen atoms in total. The molecule has 0 aromatic heterocycles. The summed E-state index contributed by atoms with van der Waals surface area (Å²) in [5.41, 5.74) is 0.744. The second-order valence-corrected chi connectivity index (χ2v) is 5.62. The number of rotatable bonds is 2. The summed E-state index contributed by atoms with van der Waals surface area (Å²) in [6, 6.07) is 7.34. The molecule has 3 heteroatoms. The fourth-order valence-electron chi connectivity index (χ4n) is 1.11. The Kier molecular flexibility index (Phi) is 4.03. The van der Waals surface area contributed by atoms with Crippen LogP contribution < -0.4 is 5.32 Å². The molecule has 1 amide bonds. The molecule has 1 atom stereocenters. The van der Waals surface area contributed by atoms with Crippen molar-refractivity contribution in [3.8, 4) is 0 Å². The largest absolute Gasteiger partial charge is 0.349 e. The van der Waals surface area contributed by atoms with E-state index in [4.69, 9.17) is 0 Å². The van der Waals surface area contributed by atoms with Crippen LogP contribution in [-0.2, 0) is 0 Å². The van der Waals surface area contributed by atoms with Gasteiger partial charge in [0.1, 0.15) is 0 Å². The molecule has 0 aliphatic carbocycles. The van der Waals surface area contributed by atoms with Crippen LogP contribution in [0.1, 0.15) is 38.1 Å². The monoisotopic (exact) mass is 237 g/mol. The van der Waals surface area contributed by atoms with Gasteiger partial charge in [0.2, 0.25) is 0 Å². The molecule has 16 heavy (non-hydrogen) atoms. The average Bonchev–Trinajstić information content (AvgIpc) is 2.17. The molecule has 1 N–H and O–H groups in total. The smallest absolute Gasteiger partial charge is 0.251 e. The van der Waals surface area contributed by atoms with Crippen molar-refractivity contribution in [3.05, 3.63) is 29.8 Å². The number of hydrogen-bond acceptors (Lipinski definition) is 2. The summed E-state index contributed by atoms with van der Waals surface area (Å²) in [4.78, 5) is 12.7. The molecule has 0 aliphatic rings. The minimum Gasteiger partial charge on any atom is -0.349 e. The van der Waals surface area contributed by atoms with Gasteiger partial charge in [0.05, 0.1) is 0 Å². The van der Waals surface area contributed by atoms with Gasteiger partial charge in [-0.3, -0.25) is 4.79 Å². The van der Waals surface area contributed by atoms with Crippen molar-refractivity contribution in [2.45, 2.75) is 38.6 Å². The fourth-order valence-corrected chi connectivity index (χ4v) is 1.26. The van der Waals surface area contributed by atoms with E-state index in [1.807, 2.05) is 19.1 Å². The predicted molar refractivity (Wildman–Crippen MR) is 70.1 cm³/mol. The Morgan fingerprint density at radius 3 is 2.19 bits per heavy atom. The van der Waals surface area contributed by atoms with E-state index in [0.717, 1.165) is 4.90 Å². The minimum absolute atomic E-state index is 0.0317. The lowest BCUT2D eigenvalue weighted by Crippen LogP contribution is -2.41. The molecule has 0 heterocycles. The molecule has 0 aliphatic heterocycles. The molecule has 0 bridgehead atoms. The minimum atomic E-state index is -0.0317. The van der Waals surface area contributed by atoms with Gasteiger partial charge in [-0.1, -0.05) is 20.8 Å². The van der Waals surface area contributed by atoms with Crippen LogP contribution in [0.4, 0.5) is 0 Å². The summed E-state index contributed by atoms with van der Waals surface area (Å²) in [7, 11) is 0. The van der Waals surface area contributed by atoms with Gasteiger partial charge in [-0.15, -0.1) is 12.6 Å². The van der Waals surface area contributed by atoms with Gasteiger partial charge in [0.15, 0.2) is 0 Å². The van der Waals surface area contributed by atoms with E-state index in [0.29, 0.717) is 5.56 Å². The summed E-state index contributed by atoms with van der Waals surface area (Å²) < 4.78 is 0. The van der Waals surface area contributed by atoms with Gasteiger partial charge in [-0.05, 0) is 36.6 Å². The van der Waals surface area contributed by atoms with E-state index in [2.05, 4.69) is 38.7 Å². The van der Waals surface area contributed by atoms with Crippen LogP contribution in [0.5, 0.6) is 0 Å². The number of nitrogens with one attached hydrogen (secondary N) is 1. The molecular formula is C13H19NOS. The highest BCUT2D eigenvalue weighted by Gasteiger charge is 2.21. The maximum atomic E-state index is 11.9. The molecule has 0 saturated heterocycles. The van der Waals surface area contributed by atoms with Crippen LogP contribution in [0, 0.1) is 5.41 Å². The van der Waals surface area contributed by atoms with E-state index in [-0.39, 0.29) is 17.4 Å². The average molecular weight is 237 g/mol. The zero-order chi connectivity index (χ0) is 12.3. The van der Waals surface area contributed by atoms with E-state index in [1.165, 1.54) is 0 Å². The van der Waals surface area contributed by atoms with Crippen LogP contribution in [0.3, 0.4) is 0 Å². The van der Waals surface area contributed by atoms with E-state index in [1.54, 1.807) is 12.1 Å². The van der Waals surface area contributed by atoms with Crippen molar-refractivity contribution in [1.82, 2.24) is 5.32 Å². The normalized spacial score (nSPS) is 13.3. The number of hydrogen-bond donors (Lipinski definition) is 2. The van der Waals surface area contributed by atoms with E-state index < -0.39 is 0 Å². The second-order valence-electron chi connectivity index (χ2n) is 5.11. The Morgan fingerprint density at radius 2 is 1.75 bits per heavy atom. The van der Waals surface area contributed by atoms with Gasteiger partial charge in [0.25, 0.3) is 5.91 Å². The standard InChI is InChI=1S/C13H19NOS/c1-9(13(2,3)4)14-12(15)10-5-7-11(16)8-6-10/h5-9,16H,1-4H3,(H,14,15). The third-order valence-electron chi connectivity index (χ3n) is 2.78. The van der Waals surface area contributed by atoms with Crippen molar-refractivity contribution >= 4 is 18.5 Å². The third kappa shape index (κ3) is 3.56. The predicted octanol–water partition coefficient (Wildman–Crippen LogP) is 3.14. The summed E-state index contributed by atoms with van der Waals surface area (Å²) in [6.45, 7) is 8.34. The van der Waals surface area contributed by atoms with Crippen LogP contribution in [0.25, 0.3) is 0 Å². The molecule has 0 radical (unpaired) electrons. The van der Waals surface area contributed by atoms with Crippen LogP contribution in [0.15, 0.2) is 29.2 Å². The summed E-state index contributed by atoms with van der Waals surface area (Å²) in [5, 5.41) is 2.99. The zero-order valence-corrected chi connectivity index (χ0v) is 11.1. The summed E-state index contributed by atoms with van der Waals surface area (Å²) in [5.74, 6) is -0.0317. The van der Waals surface area contributed by atoms with Crippen molar-refractivity contribution in [3.63, 3.8) is 0 Å². The lowest BCUT2D eigenvalue weighted by molar-refractivity contribution is 0.0910. The van der Waals surface area contributed by atoms with Gasteiger partial charge >= 0.3 is 0 Å². The molecular weight excluding hydrogens is 218 g/mol. The lowest BCUT2D eigenvalue weighted by Gasteiger charge is -2.28. The SMILES string of the molecule is CC(NC(=O)c1ccc(S)cc1)C(C)(C)C. The molecule has 88 valence electrons. The molecule has 1 aromatic carbocycles. The maximum absolute atomic E-state index is 11.9. The Balaban J connectivity index is 2.70. The zero-order valence-electron chi connectivity index (χ0n) is 10.2. The molecule has 1 aromatic rings. The van der Waals surface area contributed by atoms with E-state index >= 15 is 0 Å². The van der Waals surface area contributed by atoms with Crippen LogP contribution in [-0.4, -0.2) is 11.9 Å². The van der Waals surface area contributed by atoms with Gasteiger partial charge in [0, 0.05) is 16.5 Å². The molecule has 1 rings (SSSR count). The number of carbonyl (C=O) groups is 1. The first-order valence-corrected chi connectivity index (χ1v) is 5.85. The number of amides is 1. The Morgan fingerprint density at radius 1 is 1.25 bits per heavy atom. The van der Waals surface area contributed by atoms with Gasteiger partial charge in [-0.2, -0.15) is 0 Å². The highest BCUT2D eigenvalue weighted by atomic mass is 32.1. The molecule has 0 spiro atoms. The van der Waals surface area contributed by atoms with Crippen molar-refractivity contribution in [1.29, 1.82) is 0 Å². The first-order valence-electron chi connectivity index (χ1n) is 5.40. The Bertz CT molecular complexity index is 365. The van der Waals surface area contributed by atoms with Crippen molar-refractivity contribution in [2.75, 3.05) is 0 Å². The summed E-state index contributed by atoms with van der Waals surface area (Å²) in [6.07, 6.45) is 0. The Hall–Kier alpha value is -0.960. The topological polar surface area (TPSA) is 29.1 Å². The first-order chi connectivity index (χ1) is 7.30. The third-order valence-corrected chi connectivity index (χ3v) is 3.07. The molecule has 1 unspecified atom stereocenters. The van der Waals surface area contributed by atoms with E-state index in [9.17, 15) is 4.79 Å². The van der Waals surface area contributed by atoms with Crippen LogP contribution >= 0.6 is 12.6 Å². The summed E-state index contributed by atoms with van der Waals surface area (Å²) >= 11 is 4.18. The highest BCUT2D eigenvalue weighted by Crippen LogP contribution is 2.19.